The van der Waals surface area contributed by atoms with E-state index in [0.717, 1.165) is 0 Å². The van der Waals surface area contributed by atoms with E-state index in [1.807, 2.05) is 0 Å². The van der Waals surface area contributed by atoms with E-state index in [-0.39, 0.29) is 18.5 Å². The summed E-state index contributed by atoms with van der Waals surface area (Å²) in [6, 6.07) is 3.23. The number of alkyl halides is 3. The lowest BCUT2D eigenvalue weighted by Gasteiger charge is -2.24. The number of ether oxygens (including phenoxy) is 2. The van der Waals surface area contributed by atoms with Crippen molar-refractivity contribution in [2.75, 3.05) is 20.8 Å². The van der Waals surface area contributed by atoms with Gasteiger partial charge in [-0.25, -0.2) is 0 Å². The number of ketones is 1. The van der Waals surface area contributed by atoms with Crippen molar-refractivity contribution in [3.05, 3.63) is 23.8 Å². The van der Waals surface area contributed by atoms with E-state index >= 15 is 0 Å². The first kappa shape index (κ1) is 17.1. The van der Waals surface area contributed by atoms with Gasteiger partial charge in [-0.05, 0) is 31.0 Å². The molecule has 0 bridgehead atoms. The molecule has 1 aromatic carbocycles. The summed E-state index contributed by atoms with van der Waals surface area (Å²) in [4.78, 5) is 24.5. The average molecular weight is 331 g/mol. The van der Waals surface area contributed by atoms with Gasteiger partial charge in [0.2, 0.25) is 0 Å². The van der Waals surface area contributed by atoms with Crippen LogP contribution in [0.25, 0.3) is 0 Å². The molecule has 0 radical (unpaired) electrons. The quantitative estimate of drug-likeness (QED) is 0.795. The summed E-state index contributed by atoms with van der Waals surface area (Å²) in [6.07, 6.45) is -4.43. The summed E-state index contributed by atoms with van der Waals surface area (Å²) in [5.41, 5.74) is 0.175. The van der Waals surface area contributed by atoms with Crippen molar-refractivity contribution in [3.8, 4) is 11.5 Å². The lowest BCUT2D eigenvalue weighted by atomic mass is 10.0. The highest BCUT2D eigenvalue weighted by Crippen LogP contribution is 2.31. The predicted octanol–water partition coefficient (Wildman–Crippen LogP) is 2.44. The smallest absolute Gasteiger partial charge is 0.471 e. The molecule has 1 atom stereocenters. The second kappa shape index (κ2) is 6.47. The summed E-state index contributed by atoms with van der Waals surface area (Å²) in [5.74, 6) is -1.82. The van der Waals surface area contributed by atoms with Crippen molar-refractivity contribution in [3.63, 3.8) is 0 Å². The summed E-state index contributed by atoms with van der Waals surface area (Å²) in [5, 5.41) is 0. The largest absolute Gasteiger partial charge is 0.493 e. The molecule has 0 aliphatic carbocycles. The molecule has 1 unspecified atom stereocenters. The van der Waals surface area contributed by atoms with Gasteiger partial charge in [-0.1, -0.05) is 0 Å². The molecule has 1 aliphatic heterocycles. The molecule has 5 nitrogen and oxygen atoms in total. The number of amides is 1. The molecule has 0 aromatic heterocycles. The molecule has 0 spiro atoms. The van der Waals surface area contributed by atoms with Gasteiger partial charge in [0.25, 0.3) is 0 Å². The highest BCUT2D eigenvalue weighted by molar-refractivity contribution is 6.03. The maximum atomic E-state index is 12.6. The minimum Gasteiger partial charge on any atom is -0.493 e. The minimum absolute atomic E-state index is 0.0813. The van der Waals surface area contributed by atoms with Crippen molar-refractivity contribution < 1.29 is 32.2 Å². The molecule has 0 N–H and O–H groups in total. The molecule has 1 aliphatic rings. The molecule has 1 heterocycles. The van der Waals surface area contributed by atoms with Gasteiger partial charge in [0.15, 0.2) is 17.3 Å². The Bertz CT molecular complexity index is 615. The van der Waals surface area contributed by atoms with Gasteiger partial charge < -0.3 is 14.4 Å². The summed E-state index contributed by atoms with van der Waals surface area (Å²) < 4.78 is 48.0. The SMILES string of the molecule is COc1ccc(C(=O)C2CCCN2C(=O)C(F)(F)F)cc1OC. The van der Waals surface area contributed by atoms with Crippen LogP contribution in [0.1, 0.15) is 23.2 Å². The van der Waals surface area contributed by atoms with Gasteiger partial charge in [0.05, 0.1) is 20.3 Å². The molecule has 126 valence electrons. The number of hydrogen-bond acceptors (Lipinski definition) is 4. The van der Waals surface area contributed by atoms with Gasteiger partial charge >= 0.3 is 12.1 Å². The number of likely N-dealkylation sites (tertiary alicyclic amines) is 1. The normalized spacial score (nSPS) is 18.0. The van der Waals surface area contributed by atoms with Gasteiger partial charge in [0, 0.05) is 12.1 Å². The number of benzene rings is 1. The van der Waals surface area contributed by atoms with Crippen molar-refractivity contribution in [1.29, 1.82) is 0 Å². The zero-order chi connectivity index (χ0) is 17.2. The number of carbonyl (C=O) groups is 2. The van der Waals surface area contributed by atoms with Gasteiger partial charge in [-0.3, -0.25) is 9.59 Å². The third kappa shape index (κ3) is 3.40. The Labute approximate surface area is 131 Å². The van der Waals surface area contributed by atoms with Crippen LogP contribution >= 0.6 is 0 Å². The number of carbonyl (C=O) groups excluding carboxylic acids is 2. The van der Waals surface area contributed by atoms with Crippen LogP contribution in [0.2, 0.25) is 0 Å². The Morgan fingerprint density at radius 3 is 2.39 bits per heavy atom. The average Bonchev–Trinajstić information content (AvgIpc) is 3.01. The molecule has 23 heavy (non-hydrogen) atoms. The van der Waals surface area contributed by atoms with Crippen LogP contribution in [0.3, 0.4) is 0 Å². The number of Topliss-reactive ketones (excluding diaryl/α,β-unsaturated/α-hetero) is 1. The maximum Gasteiger partial charge on any atom is 0.471 e. The minimum atomic E-state index is -4.99. The highest BCUT2D eigenvalue weighted by atomic mass is 19.4. The lowest BCUT2D eigenvalue weighted by molar-refractivity contribution is -0.185. The van der Waals surface area contributed by atoms with E-state index in [9.17, 15) is 22.8 Å². The summed E-state index contributed by atoms with van der Waals surface area (Å²) >= 11 is 0. The topological polar surface area (TPSA) is 55.8 Å². The van der Waals surface area contributed by atoms with E-state index in [1.54, 1.807) is 0 Å². The fourth-order valence-electron chi connectivity index (χ4n) is 2.63. The van der Waals surface area contributed by atoms with Crippen molar-refractivity contribution in [2.24, 2.45) is 0 Å². The van der Waals surface area contributed by atoms with Crippen LogP contribution in [-0.2, 0) is 4.79 Å². The number of nitrogens with zero attached hydrogens (tertiary/aromatic N) is 1. The molecule has 1 aromatic rings. The van der Waals surface area contributed by atoms with Crippen LogP contribution in [0.5, 0.6) is 11.5 Å². The molecule has 2 rings (SSSR count). The Morgan fingerprint density at radius 1 is 1.17 bits per heavy atom. The molecule has 1 amide bonds. The monoisotopic (exact) mass is 331 g/mol. The third-order valence-electron chi connectivity index (χ3n) is 3.73. The van der Waals surface area contributed by atoms with Crippen molar-refractivity contribution in [2.45, 2.75) is 25.1 Å². The van der Waals surface area contributed by atoms with Crippen LogP contribution in [0.15, 0.2) is 18.2 Å². The Kier molecular flexibility index (Phi) is 4.82. The van der Waals surface area contributed by atoms with Crippen molar-refractivity contribution in [1.82, 2.24) is 4.90 Å². The number of methoxy groups -OCH3 is 2. The van der Waals surface area contributed by atoms with Gasteiger partial charge in [-0.15, -0.1) is 0 Å². The molecular weight excluding hydrogens is 315 g/mol. The fraction of sp³-hybridized carbons (Fsp3) is 0.467. The van der Waals surface area contributed by atoms with E-state index in [4.69, 9.17) is 9.47 Å². The lowest BCUT2D eigenvalue weighted by Crippen LogP contribution is -2.46. The number of hydrogen-bond donors (Lipinski definition) is 0. The van der Waals surface area contributed by atoms with Crippen LogP contribution in [0.4, 0.5) is 13.2 Å². The Hall–Kier alpha value is -2.25. The van der Waals surface area contributed by atoms with Gasteiger partial charge in [0.1, 0.15) is 0 Å². The molecule has 8 heteroatoms. The fourth-order valence-corrected chi connectivity index (χ4v) is 2.63. The highest BCUT2D eigenvalue weighted by Gasteiger charge is 2.47. The van der Waals surface area contributed by atoms with Crippen LogP contribution < -0.4 is 9.47 Å². The maximum absolute atomic E-state index is 12.6. The second-order valence-corrected chi connectivity index (χ2v) is 5.09. The summed E-state index contributed by atoms with van der Waals surface area (Å²) in [6.45, 7) is -0.0813. The zero-order valence-corrected chi connectivity index (χ0v) is 12.6. The Balaban J connectivity index is 2.27. The zero-order valence-electron chi connectivity index (χ0n) is 12.6. The number of halogens is 3. The summed E-state index contributed by atoms with van der Waals surface area (Å²) in [7, 11) is 2.82. The molecular formula is C15H16F3NO4. The Morgan fingerprint density at radius 2 is 1.83 bits per heavy atom. The van der Waals surface area contributed by atoms with E-state index in [1.165, 1.54) is 32.4 Å². The van der Waals surface area contributed by atoms with Crippen LogP contribution in [-0.4, -0.2) is 49.6 Å². The third-order valence-corrected chi connectivity index (χ3v) is 3.73. The van der Waals surface area contributed by atoms with Crippen molar-refractivity contribution >= 4 is 11.7 Å². The second-order valence-electron chi connectivity index (χ2n) is 5.09. The first-order chi connectivity index (χ1) is 10.8. The first-order valence-corrected chi connectivity index (χ1v) is 6.93. The van der Waals surface area contributed by atoms with E-state index in [0.29, 0.717) is 22.8 Å². The first-order valence-electron chi connectivity index (χ1n) is 6.93. The molecule has 1 fully saturated rings. The van der Waals surface area contributed by atoms with Gasteiger partial charge in [-0.2, -0.15) is 13.2 Å². The predicted molar refractivity (Wildman–Crippen MR) is 74.7 cm³/mol. The number of rotatable bonds is 4. The van der Waals surface area contributed by atoms with E-state index < -0.39 is 23.9 Å². The molecule has 0 saturated carbocycles. The standard InChI is InChI=1S/C15H16F3NO4/c1-22-11-6-5-9(8-12(11)23-2)13(20)10-4-3-7-19(10)14(21)15(16,17)18/h5-6,8,10H,3-4,7H2,1-2H3. The van der Waals surface area contributed by atoms with E-state index in [2.05, 4.69) is 0 Å². The van der Waals surface area contributed by atoms with Crippen LogP contribution in [0, 0.1) is 0 Å². The molecule has 1 saturated heterocycles.